The number of nitrogens with one attached hydrogen (secondary N) is 1. The van der Waals surface area contributed by atoms with E-state index in [1.54, 1.807) is 19.9 Å². The Morgan fingerprint density at radius 3 is 2.28 bits per heavy atom. The normalized spacial score (nSPS) is 17.1. The van der Waals surface area contributed by atoms with Crippen LogP contribution in [-0.4, -0.2) is 55.8 Å². The van der Waals surface area contributed by atoms with E-state index in [1.807, 2.05) is 24.0 Å². The molecule has 1 saturated heterocycles. The maximum atomic E-state index is 13.0. The number of amides is 1. The highest BCUT2D eigenvalue weighted by Gasteiger charge is 2.32. The fourth-order valence-electron chi connectivity index (χ4n) is 3.40. The first kappa shape index (κ1) is 21.4. The predicted molar refractivity (Wildman–Crippen MR) is 111 cm³/mol. The van der Waals surface area contributed by atoms with Gasteiger partial charge in [0, 0.05) is 31.9 Å². The van der Waals surface area contributed by atoms with Gasteiger partial charge in [-0.15, -0.1) is 0 Å². The Hall–Kier alpha value is -2.29. The molecule has 2 aromatic carbocycles. The summed E-state index contributed by atoms with van der Waals surface area (Å²) in [6.45, 7) is 7.02. The number of piperazine rings is 1. The smallest absolute Gasteiger partial charge is 0.243 e. The lowest BCUT2D eigenvalue weighted by atomic mass is 10.2. The Kier molecular flexibility index (Phi) is 6.36. The first-order chi connectivity index (χ1) is 13.7. The van der Waals surface area contributed by atoms with Gasteiger partial charge in [-0.2, -0.15) is 4.31 Å². The van der Waals surface area contributed by atoms with Crippen molar-refractivity contribution >= 4 is 21.6 Å². The average Bonchev–Trinajstić information content (AvgIpc) is 2.71. The van der Waals surface area contributed by atoms with Crippen LogP contribution in [0.2, 0.25) is 0 Å². The molecule has 0 aliphatic carbocycles. The molecular formula is C21H26FN3O3S. The molecule has 1 aliphatic heterocycles. The molecule has 6 nitrogen and oxygen atoms in total. The van der Waals surface area contributed by atoms with Crippen LogP contribution in [-0.2, 0) is 14.8 Å². The quantitative estimate of drug-likeness (QED) is 0.809. The fourth-order valence-corrected chi connectivity index (χ4v) is 5.13. The third-order valence-electron chi connectivity index (χ3n) is 5.27. The summed E-state index contributed by atoms with van der Waals surface area (Å²) in [6.07, 6.45) is 0. The van der Waals surface area contributed by atoms with Crippen LogP contribution in [0.1, 0.15) is 18.1 Å². The van der Waals surface area contributed by atoms with E-state index in [0.717, 1.165) is 11.1 Å². The lowest BCUT2D eigenvalue weighted by Gasteiger charge is -2.37. The zero-order valence-corrected chi connectivity index (χ0v) is 17.7. The molecule has 8 heteroatoms. The van der Waals surface area contributed by atoms with E-state index in [9.17, 15) is 17.6 Å². The Balaban J connectivity index is 1.62. The van der Waals surface area contributed by atoms with Crippen molar-refractivity contribution in [2.45, 2.75) is 31.7 Å². The molecule has 1 atom stereocenters. The molecule has 0 spiro atoms. The number of hydrogen-bond donors (Lipinski definition) is 1. The van der Waals surface area contributed by atoms with Gasteiger partial charge < -0.3 is 5.32 Å². The number of carbonyl (C=O) groups excluding carboxylic acids is 1. The Bertz CT molecular complexity index is 985. The molecule has 0 bridgehead atoms. The number of hydrogen-bond acceptors (Lipinski definition) is 4. The van der Waals surface area contributed by atoms with Gasteiger partial charge in [-0.25, -0.2) is 12.8 Å². The van der Waals surface area contributed by atoms with Crippen molar-refractivity contribution in [3.63, 3.8) is 0 Å². The van der Waals surface area contributed by atoms with Crippen molar-refractivity contribution in [3.8, 4) is 0 Å². The second-order valence-corrected chi connectivity index (χ2v) is 9.29. The molecular weight excluding hydrogens is 393 g/mol. The number of sulfonamides is 1. The Morgan fingerprint density at radius 1 is 1.03 bits per heavy atom. The van der Waals surface area contributed by atoms with Crippen molar-refractivity contribution < 1.29 is 17.6 Å². The van der Waals surface area contributed by atoms with E-state index in [2.05, 4.69) is 5.32 Å². The SMILES string of the molecule is Cc1ccc(C)c(S(=O)(=O)N2CCN([C@@H](C)C(=O)Nc3ccc(F)cc3)CC2)c1. The van der Waals surface area contributed by atoms with Gasteiger partial charge in [0.05, 0.1) is 10.9 Å². The number of nitrogens with zero attached hydrogens (tertiary/aromatic N) is 2. The molecule has 2 aromatic rings. The van der Waals surface area contributed by atoms with Gasteiger partial charge in [-0.1, -0.05) is 12.1 Å². The van der Waals surface area contributed by atoms with E-state index in [4.69, 9.17) is 0 Å². The van der Waals surface area contributed by atoms with Crippen LogP contribution >= 0.6 is 0 Å². The van der Waals surface area contributed by atoms with Crippen LogP contribution in [0.5, 0.6) is 0 Å². The molecule has 1 aliphatic rings. The summed E-state index contributed by atoms with van der Waals surface area (Å²) < 4.78 is 40.6. The molecule has 1 N–H and O–H groups in total. The lowest BCUT2D eigenvalue weighted by Crippen LogP contribution is -2.54. The average molecular weight is 420 g/mol. The van der Waals surface area contributed by atoms with Crippen LogP contribution in [0.15, 0.2) is 47.4 Å². The summed E-state index contributed by atoms with van der Waals surface area (Å²) in [7, 11) is -3.57. The number of halogens is 1. The van der Waals surface area contributed by atoms with E-state index < -0.39 is 16.1 Å². The highest BCUT2D eigenvalue weighted by Crippen LogP contribution is 2.23. The minimum Gasteiger partial charge on any atom is -0.325 e. The number of benzene rings is 2. The Morgan fingerprint density at radius 2 is 1.66 bits per heavy atom. The standard InChI is InChI=1S/C21H26FN3O3S/c1-15-4-5-16(2)20(14-15)29(27,28)25-12-10-24(11-13-25)17(3)21(26)23-19-8-6-18(22)7-9-19/h4-9,14,17H,10-13H2,1-3H3,(H,23,26)/t17-/m0/s1. The van der Waals surface area contributed by atoms with Crippen molar-refractivity contribution in [3.05, 3.63) is 59.4 Å². The molecule has 0 saturated carbocycles. The van der Waals surface area contributed by atoms with Gasteiger partial charge in [-0.05, 0) is 62.2 Å². The van der Waals surface area contributed by atoms with E-state index in [-0.39, 0.29) is 11.7 Å². The number of rotatable bonds is 5. The van der Waals surface area contributed by atoms with Crippen LogP contribution in [0.25, 0.3) is 0 Å². The van der Waals surface area contributed by atoms with Gasteiger partial charge >= 0.3 is 0 Å². The van der Waals surface area contributed by atoms with Crippen LogP contribution in [0.3, 0.4) is 0 Å². The highest BCUT2D eigenvalue weighted by molar-refractivity contribution is 7.89. The summed E-state index contributed by atoms with van der Waals surface area (Å²) in [4.78, 5) is 14.8. The number of aryl methyl sites for hydroxylation is 2. The lowest BCUT2D eigenvalue weighted by molar-refractivity contribution is -0.121. The van der Waals surface area contributed by atoms with Gasteiger partial charge in [-0.3, -0.25) is 9.69 Å². The van der Waals surface area contributed by atoms with Crippen molar-refractivity contribution in [1.82, 2.24) is 9.21 Å². The molecule has 0 aromatic heterocycles. The van der Waals surface area contributed by atoms with Crippen molar-refractivity contribution in [2.24, 2.45) is 0 Å². The molecule has 29 heavy (non-hydrogen) atoms. The largest absolute Gasteiger partial charge is 0.325 e. The Labute approximate surface area is 171 Å². The summed E-state index contributed by atoms with van der Waals surface area (Å²) >= 11 is 0. The zero-order chi connectivity index (χ0) is 21.2. The maximum absolute atomic E-state index is 13.0. The number of carbonyl (C=O) groups is 1. The summed E-state index contributed by atoms with van der Waals surface area (Å²) in [5.74, 6) is -0.570. The molecule has 3 rings (SSSR count). The minimum atomic E-state index is -3.57. The third-order valence-corrected chi connectivity index (χ3v) is 7.31. The van der Waals surface area contributed by atoms with Crippen molar-refractivity contribution in [1.29, 1.82) is 0 Å². The molecule has 1 fully saturated rings. The summed E-state index contributed by atoms with van der Waals surface area (Å²) in [6, 6.07) is 10.6. The molecule has 156 valence electrons. The third kappa shape index (κ3) is 4.83. The molecule has 0 radical (unpaired) electrons. The summed E-state index contributed by atoms with van der Waals surface area (Å²) in [5, 5.41) is 2.77. The zero-order valence-electron chi connectivity index (χ0n) is 16.9. The van der Waals surface area contributed by atoms with Crippen LogP contribution in [0, 0.1) is 19.7 Å². The highest BCUT2D eigenvalue weighted by atomic mass is 32.2. The van der Waals surface area contributed by atoms with Gasteiger partial charge in [0.1, 0.15) is 5.82 Å². The summed E-state index contributed by atoms with van der Waals surface area (Å²) in [5.41, 5.74) is 2.16. The maximum Gasteiger partial charge on any atom is 0.243 e. The van der Waals surface area contributed by atoms with E-state index in [1.165, 1.54) is 28.6 Å². The molecule has 1 amide bonds. The first-order valence-corrected chi connectivity index (χ1v) is 11.0. The second kappa shape index (κ2) is 8.61. The van der Waals surface area contributed by atoms with E-state index >= 15 is 0 Å². The topological polar surface area (TPSA) is 69.7 Å². The minimum absolute atomic E-state index is 0.206. The van der Waals surface area contributed by atoms with Crippen LogP contribution in [0.4, 0.5) is 10.1 Å². The monoisotopic (exact) mass is 419 g/mol. The number of anilines is 1. The molecule has 1 heterocycles. The molecule has 0 unspecified atom stereocenters. The predicted octanol–water partition coefficient (Wildman–Crippen LogP) is 2.78. The fraction of sp³-hybridized carbons (Fsp3) is 0.381. The second-order valence-electron chi connectivity index (χ2n) is 7.38. The van der Waals surface area contributed by atoms with E-state index in [0.29, 0.717) is 36.8 Å². The first-order valence-electron chi connectivity index (χ1n) is 9.56. The van der Waals surface area contributed by atoms with Gasteiger partial charge in [0.2, 0.25) is 15.9 Å². The van der Waals surface area contributed by atoms with Crippen molar-refractivity contribution in [2.75, 3.05) is 31.5 Å². The van der Waals surface area contributed by atoms with Gasteiger partial charge in [0.15, 0.2) is 0 Å². The van der Waals surface area contributed by atoms with Crippen LogP contribution < -0.4 is 5.32 Å². The van der Waals surface area contributed by atoms with Gasteiger partial charge in [0.25, 0.3) is 0 Å².